The van der Waals surface area contributed by atoms with Crippen LogP contribution in [-0.4, -0.2) is 34.0 Å². The summed E-state index contributed by atoms with van der Waals surface area (Å²) in [7, 11) is 0. The Bertz CT molecular complexity index is 839. The van der Waals surface area contributed by atoms with Crippen molar-refractivity contribution >= 4 is 17.4 Å². The molecule has 0 radical (unpaired) electrons. The summed E-state index contributed by atoms with van der Waals surface area (Å²) in [4.78, 5) is 24.7. The predicted octanol–water partition coefficient (Wildman–Crippen LogP) is 2.99. The van der Waals surface area contributed by atoms with Crippen LogP contribution in [0.2, 0.25) is 0 Å². The van der Waals surface area contributed by atoms with Gasteiger partial charge in [-0.3, -0.25) is 14.7 Å². The molecule has 26 heavy (non-hydrogen) atoms. The van der Waals surface area contributed by atoms with Gasteiger partial charge in [0, 0.05) is 5.54 Å². The highest BCUT2D eigenvalue weighted by Gasteiger charge is 2.24. The Hall–Kier alpha value is -2.87. The average Bonchev–Trinajstić information content (AvgIpc) is 2.93. The van der Waals surface area contributed by atoms with E-state index in [1.807, 2.05) is 13.8 Å². The minimum absolute atomic E-state index is 0.0278. The van der Waals surface area contributed by atoms with Crippen molar-refractivity contribution in [2.45, 2.75) is 26.3 Å². The van der Waals surface area contributed by atoms with Gasteiger partial charge >= 0.3 is 0 Å². The quantitative estimate of drug-likeness (QED) is 0.522. The molecule has 0 fully saturated rings. The van der Waals surface area contributed by atoms with E-state index in [0.29, 0.717) is 5.69 Å². The first-order chi connectivity index (χ1) is 12.2. The summed E-state index contributed by atoms with van der Waals surface area (Å²) >= 11 is 0. The molecule has 0 bridgehead atoms. The molecule has 3 N–H and O–H groups in total. The van der Waals surface area contributed by atoms with Crippen LogP contribution in [0.3, 0.4) is 0 Å². The first-order valence-electron chi connectivity index (χ1n) is 7.88. The van der Waals surface area contributed by atoms with Gasteiger partial charge in [0.05, 0.1) is 17.9 Å². The molecule has 0 atom stereocenters. The molecule has 1 amide bonds. The number of rotatable bonds is 7. The number of hydrogen-bond donors (Lipinski definition) is 3. The Morgan fingerprint density at radius 2 is 1.92 bits per heavy atom. The van der Waals surface area contributed by atoms with Crippen LogP contribution in [0.5, 0.6) is 0 Å². The molecule has 0 spiro atoms. The maximum atomic E-state index is 13.8. The van der Waals surface area contributed by atoms with Gasteiger partial charge in [-0.15, -0.1) is 6.58 Å². The summed E-state index contributed by atoms with van der Waals surface area (Å²) in [6.07, 6.45) is 1.65. The molecule has 6 nitrogen and oxygen atoms in total. The summed E-state index contributed by atoms with van der Waals surface area (Å²) in [6, 6.07) is 3.12. The molecule has 1 heterocycles. The highest BCUT2D eigenvalue weighted by molar-refractivity contribution is 6.09. The van der Waals surface area contributed by atoms with Crippen LogP contribution in [-0.2, 0) is 0 Å². The Morgan fingerprint density at radius 3 is 2.50 bits per heavy atom. The summed E-state index contributed by atoms with van der Waals surface area (Å²) in [5, 5.41) is 11.8. The van der Waals surface area contributed by atoms with Gasteiger partial charge in [0.1, 0.15) is 17.2 Å². The number of H-pyrrole nitrogens is 1. The molecule has 0 aliphatic carbocycles. The van der Waals surface area contributed by atoms with E-state index in [9.17, 15) is 18.4 Å². The maximum Gasteiger partial charge on any atom is 0.261 e. The lowest BCUT2D eigenvalue weighted by Crippen LogP contribution is -2.40. The number of anilines is 1. The number of aromatic nitrogens is 2. The molecule has 0 saturated carbocycles. The number of nitrogens with zero attached hydrogens (tertiary/aromatic N) is 1. The van der Waals surface area contributed by atoms with Crippen molar-refractivity contribution in [1.29, 1.82) is 0 Å². The second-order valence-electron chi connectivity index (χ2n) is 6.33. The lowest BCUT2D eigenvalue weighted by molar-refractivity contribution is 0.0980. The number of carbonyl (C=O) groups excluding carboxylic acids is 2. The Morgan fingerprint density at radius 1 is 1.31 bits per heavy atom. The second kappa shape index (κ2) is 7.57. The highest BCUT2D eigenvalue weighted by atomic mass is 19.1. The third kappa shape index (κ3) is 4.20. The normalized spacial score (nSPS) is 11.3. The van der Waals surface area contributed by atoms with Gasteiger partial charge in [-0.1, -0.05) is 12.1 Å². The summed E-state index contributed by atoms with van der Waals surface area (Å²) in [6.45, 7) is 8.88. The van der Waals surface area contributed by atoms with Crippen molar-refractivity contribution in [3.05, 3.63) is 59.4 Å². The highest BCUT2D eigenvalue weighted by Crippen LogP contribution is 2.21. The molecule has 2 rings (SSSR count). The number of hydrogen-bond acceptors (Lipinski definition) is 4. The minimum Gasteiger partial charge on any atom is -0.318 e. The average molecular weight is 362 g/mol. The number of halogens is 2. The fourth-order valence-electron chi connectivity index (χ4n) is 2.14. The lowest BCUT2D eigenvalue weighted by Gasteiger charge is -2.21. The molecule has 8 heteroatoms. The van der Waals surface area contributed by atoms with E-state index in [4.69, 9.17) is 0 Å². The monoisotopic (exact) mass is 362 g/mol. The van der Waals surface area contributed by atoms with E-state index in [0.717, 1.165) is 18.2 Å². The van der Waals surface area contributed by atoms with Crippen LogP contribution < -0.4 is 10.6 Å². The lowest BCUT2D eigenvalue weighted by atomic mass is 10.1. The Kier molecular flexibility index (Phi) is 5.66. The number of aryl methyl sites for hydroxylation is 1. The topological polar surface area (TPSA) is 86.9 Å². The van der Waals surface area contributed by atoms with Crippen LogP contribution in [0, 0.1) is 18.6 Å². The van der Waals surface area contributed by atoms with Gasteiger partial charge in [-0.25, -0.2) is 8.78 Å². The summed E-state index contributed by atoms with van der Waals surface area (Å²) < 4.78 is 27.5. The van der Waals surface area contributed by atoms with Crippen molar-refractivity contribution < 1.29 is 18.4 Å². The predicted molar refractivity (Wildman–Crippen MR) is 94.2 cm³/mol. The Balaban J connectivity index is 2.23. The fraction of sp³-hybridized carbons (Fsp3) is 0.278. The molecular formula is C18H20F2N4O2. The van der Waals surface area contributed by atoms with Crippen molar-refractivity contribution in [3.8, 4) is 0 Å². The van der Waals surface area contributed by atoms with E-state index < -0.39 is 34.4 Å². The number of carbonyl (C=O) groups is 2. The van der Waals surface area contributed by atoms with Gasteiger partial charge in [0.15, 0.2) is 11.5 Å². The van der Waals surface area contributed by atoms with Crippen LogP contribution in [0.1, 0.15) is 40.4 Å². The number of nitrogens with one attached hydrogen (secondary N) is 3. The zero-order chi connectivity index (χ0) is 19.5. The van der Waals surface area contributed by atoms with Crippen LogP contribution in [0.15, 0.2) is 30.9 Å². The zero-order valence-electron chi connectivity index (χ0n) is 14.7. The number of Topliss-reactive ketones (excluding diaryl/α,β-unsaturated/α-hetero) is 1. The van der Waals surface area contributed by atoms with Gasteiger partial charge in [-0.05, 0) is 32.9 Å². The molecule has 1 aromatic heterocycles. The first-order valence-corrected chi connectivity index (χ1v) is 7.88. The molecule has 0 aliphatic heterocycles. The first kappa shape index (κ1) is 19.5. The van der Waals surface area contributed by atoms with Crippen LogP contribution in [0.25, 0.3) is 0 Å². The number of amides is 1. The van der Waals surface area contributed by atoms with E-state index >= 15 is 0 Å². The summed E-state index contributed by atoms with van der Waals surface area (Å²) in [5.41, 5.74) is -0.750. The fourth-order valence-corrected chi connectivity index (χ4v) is 2.14. The number of aromatic amines is 1. The molecular weight excluding hydrogens is 342 g/mol. The van der Waals surface area contributed by atoms with Gasteiger partial charge in [-0.2, -0.15) is 5.10 Å². The van der Waals surface area contributed by atoms with Crippen molar-refractivity contribution in [2.24, 2.45) is 0 Å². The third-order valence-corrected chi connectivity index (χ3v) is 3.85. The number of ketones is 1. The van der Waals surface area contributed by atoms with Crippen molar-refractivity contribution in [1.82, 2.24) is 15.5 Å². The Labute approximate surface area is 149 Å². The molecule has 138 valence electrons. The molecule has 0 unspecified atom stereocenters. The zero-order valence-corrected chi connectivity index (χ0v) is 14.7. The minimum atomic E-state index is -1.00. The second-order valence-corrected chi connectivity index (χ2v) is 6.33. The van der Waals surface area contributed by atoms with E-state index in [2.05, 4.69) is 27.4 Å². The van der Waals surface area contributed by atoms with E-state index in [1.165, 1.54) is 0 Å². The van der Waals surface area contributed by atoms with Crippen molar-refractivity contribution in [3.63, 3.8) is 0 Å². The number of benzene rings is 1. The molecule has 2 aromatic rings. The maximum absolute atomic E-state index is 13.8. The van der Waals surface area contributed by atoms with Crippen LogP contribution in [0.4, 0.5) is 14.5 Å². The smallest absolute Gasteiger partial charge is 0.261 e. The SMILES string of the molecule is C=CC(C)(C)NCC(=O)c1n[nH]c(C)c1NC(=O)c1c(F)cccc1F. The third-order valence-electron chi connectivity index (χ3n) is 3.85. The summed E-state index contributed by atoms with van der Waals surface area (Å²) in [5.74, 6) is -3.39. The van der Waals surface area contributed by atoms with Gasteiger partial charge in [0.25, 0.3) is 5.91 Å². The molecule has 0 saturated heterocycles. The van der Waals surface area contributed by atoms with Crippen LogP contribution >= 0.6 is 0 Å². The largest absolute Gasteiger partial charge is 0.318 e. The van der Waals surface area contributed by atoms with Crippen molar-refractivity contribution in [2.75, 3.05) is 11.9 Å². The van der Waals surface area contributed by atoms with Gasteiger partial charge in [0.2, 0.25) is 0 Å². The van der Waals surface area contributed by atoms with E-state index in [1.54, 1.807) is 13.0 Å². The van der Waals surface area contributed by atoms with Gasteiger partial charge < -0.3 is 10.6 Å². The standard InChI is InChI=1S/C18H20F2N4O2/c1-5-18(3,4)21-9-13(25)16-15(10(2)23-24-16)22-17(26)14-11(19)7-6-8-12(14)20/h5-8,21H,1,9H2,2-4H3,(H,22,26)(H,23,24). The molecule has 1 aromatic carbocycles. The molecule has 0 aliphatic rings. The van der Waals surface area contributed by atoms with E-state index in [-0.39, 0.29) is 17.9 Å².